The van der Waals surface area contributed by atoms with Crippen molar-refractivity contribution in [3.05, 3.63) is 59.1 Å². The van der Waals surface area contributed by atoms with Gasteiger partial charge in [0.1, 0.15) is 5.75 Å². The van der Waals surface area contributed by atoms with Gasteiger partial charge in [-0.3, -0.25) is 0 Å². The van der Waals surface area contributed by atoms with Gasteiger partial charge in [0.05, 0.1) is 5.75 Å². The van der Waals surface area contributed by atoms with E-state index in [0.29, 0.717) is 17.3 Å². The monoisotopic (exact) mass is 424 g/mol. The Morgan fingerprint density at radius 3 is 2.43 bits per heavy atom. The predicted molar refractivity (Wildman–Crippen MR) is 112 cm³/mol. The highest BCUT2D eigenvalue weighted by molar-refractivity contribution is 7.87. The Labute approximate surface area is 171 Å². The number of nitrogens with one attached hydrogen (secondary N) is 1. The van der Waals surface area contributed by atoms with Crippen LogP contribution in [0, 0.1) is 0 Å². The highest BCUT2D eigenvalue weighted by atomic mass is 35.5. The number of carbonyl (C=O) groups is 1. The Morgan fingerprint density at radius 1 is 1.18 bits per heavy atom. The van der Waals surface area contributed by atoms with E-state index in [4.69, 9.17) is 15.8 Å². The van der Waals surface area contributed by atoms with E-state index in [1.807, 2.05) is 13.8 Å². The minimum absolute atomic E-state index is 0.00980. The van der Waals surface area contributed by atoms with Gasteiger partial charge in [0, 0.05) is 23.3 Å². The Kier molecular flexibility index (Phi) is 7.71. The molecule has 0 aromatic heterocycles. The predicted octanol–water partition coefficient (Wildman–Crippen LogP) is 4.90. The van der Waals surface area contributed by atoms with Crippen molar-refractivity contribution in [3.8, 4) is 5.75 Å². The lowest BCUT2D eigenvalue weighted by Gasteiger charge is -2.29. The first-order chi connectivity index (χ1) is 13.2. The van der Waals surface area contributed by atoms with Gasteiger partial charge in [-0.25, -0.2) is 4.79 Å². The van der Waals surface area contributed by atoms with Crippen LogP contribution in [0.2, 0.25) is 5.02 Å². The molecule has 0 fully saturated rings. The van der Waals surface area contributed by atoms with Gasteiger partial charge in [-0.2, -0.15) is 8.42 Å². The molecular formula is C20H25ClN2O4S. The number of urea groups is 1. The fourth-order valence-corrected chi connectivity index (χ4v) is 3.17. The quantitative estimate of drug-likeness (QED) is 0.611. The number of nitrogens with zero attached hydrogens (tertiary/aromatic N) is 1. The minimum Gasteiger partial charge on any atom is -0.382 e. The number of carbonyl (C=O) groups excluding carboxylic acids is 1. The molecule has 152 valence electrons. The Balaban J connectivity index is 2.12. The van der Waals surface area contributed by atoms with E-state index in [-0.39, 0.29) is 23.6 Å². The molecule has 6 nitrogen and oxygen atoms in total. The molecule has 2 rings (SSSR count). The highest BCUT2D eigenvalue weighted by Crippen LogP contribution is 2.20. The Bertz CT molecular complexity index is 901. The topological polar surface area (TPSA) is 75.7 Å². The molecule has 0 bridgehead atoms. The van der Waals surface area contributed by atoms with Crippen LogP contribution in [-0.2, 0) is 16.7 Å². The molecule has 1 atom stereocenters. The largest absolute Gasteiger partial charge is 0.382 e. The average molecular weight is 425 g/mol. The Hall–Kier alpha value is -2.25. The zero-order valence-electron chi connectivity index (χ0n) is 16.2. The van der Waals surface area contributed by atoms with Crippen molar-refractivity contribution in [1.29, 1.82) is 0 Å². The summed E-state index contributed by atoms with van der Waals surface area (Å²) in [5.74, 6) is 0.157. The number of halogens is 1. The van der Waals surface area contributed by atoms with E-state index in [9.17, 15) is 13.2 Å². The van der Waals surface area contributed by atoms with Crippen molar-refractivity contribution in [2.75, 3.05) is 11.1 Å². The molecule has 0 radical (unpaired) electrons. The SMILES string of the molecule is CCC(C)N(Cc1ccc(OS(=O)(=O)CC)cc1)C(=O)Nc1cccc(Cl)c1. The molecule has 0 aliphatic rings. The van der Waals surface area contributed by atoms with Gasteiger partial charge in [-0.1, -0.05) is 36.7 Å². The number of rotatable bonds is 8. The van der Waals surface area contributed by atoms with Crippen LogP contribution in [0.15, 0.2) is 48.5 Å². The summed E-state index contributed by atoms with van der Waals surface area (Å²) in [5, 5.41) is 3.41. The lowest BCUT2D eigenvalue weighted by molar-refractivity contribution is 0.187. The van der Waals surface area contributed by atoms with Crippen molar-refractivity contribution >= 4 is 33.4 Å². The van der Waals surface area contributed by atoms with Crippen molar-refractivity contribution in [2.45, 2.75) is 39.8 Å². The highest BCUT2D eigenvalue weighted by Gasteiger charge is 2.20. The van der Waals surface area contributed by atoms with E-state index >= 15 is 0 Å². The van der Waals surface area contributed by atoms with Crippen LogP contribution in [-0.4, -0.2) is 31.1 Å². The van der Waals surface area contributed by atoms with Crippen LogP contribution in [0.3, 0.4) is 0 Å². The maximum absolute atomic E-state index is 12.8. The van der Waals surface area contributed by atoms with E-state index in [1.165, 1.54) is 6.92 Å². The van der Waals surface area contributed by atoms with Crippen LogP contribution >= 0.6 is 11.6 Å². The first-order valence-electron chi connectivity index (χ1n) is 9.08. The summed E-state index contributed by atoms with van der Waals surface area (Å²) in [5.41, 5.74) is 1.49. The van der Waals surface area contributed by atoms with Crippen LogP contribution in [0.25, 0.3) is 0 Å². The fourth-order valence-electron chi connectivity index (χ4n) is 2.46. The second-order valence-electron chi connectivity index (χ2n) is 6.40. The standard InChI is InChI=1S/C20H25ClN2O4S/c1-4-15(3)23(20(24)22-18-8-6-7-17(21)13-18)14-16-9-11-19(12-10-16)27-28(25,26)5-2/h6-13,15H,4-5,14H2,1-3H3,(H,22,24). The van der Waals surface area contributed by atoms with E-state index in [2.05, 4.69) is 5.32 Å². The number of anilines is 1. The third-order valence-electron chi connectivity index (χ3n) is 4.31. The first kappa shape index (κ1) is 22.0. The molecule has 0 spiro atoms. The second kappa shape index (κ2) is 9.80. The number of hydrogen-bond acceptors (Lipinski definition) is 4. The second-order valence-corrected chi connectivity index (χ2v) is 8.70. The summed E-state index contributed by atoms with van der Waals surface area (Å²) < 4.78 is 28.1. The molecule has 2 aromatic rings. The molecule has 1 unspecified atom stereocenters. The molecule has 2 amide bonds. The lowest BCUT2D eigenvalue weighted by atomic mass is 10.1. The third kappa shape index (κ3) is 6.42. The van der Waals surface area contributed by atoms with Gasteiger partial charge in [0.25, 0.3) is 0 Å². The summed E-state index contributed by atoms with van der Waals surface area (Å²) in [6.07, 6.45) is 0.791. The van der Waals surface area contributed by atoms with Crippen molar-refractivity contribution < 1.29 is 17.4 Å². The maximum Gasteiger partial charge on any atom is 0.322 e. The summed E-state index contributed by atoms with van der Waals surface area (Å²) in [6.45, 7) is 5.88. The van der Waals surface area contributed by atoms with E-state index in [0.717, 1.165) is 12.0 Å². The Morgan fingerprint density at radius 2 is 1.86 bits per heavy atom. The normalized spacial score (nSPS) is 12.3. The molecule has 8 heteroatoms. The van der Waals surface area contributed by atoms with Gasteiger partial charge in [-0.05, 0) is 56.2 Å². The molecule has 2 aromatic carbocycles. The molecule has 1 N–H and O–H groups in total. The van der Waals surface area contributed by atoms with Gasteiger partial charge in [-0.15, -0.1) is 0 Å². The van der Waals surface area contributed by atoms with Gasteiger partial charge >= 0.3 is 16.1 Å². The third-order valence-corrected chi connectivity index (χ3v) is 5.70. The summed E-state index contributed by atoms with van der Waals surface area (Å²) in [6, 6.07) is 13.4. The minimum atomic E-state index is -3.56. The maximum atomic E-state index is 12.8. The molecular weight excluding hydrogens is 400 g/mol. The molecule has 0 aliphatic heterocycles. The van der Waals surface area contributed by atoms with E-state index in [1.54, 1.807) is 53.4 Å². The summed E-state index contributed by atoms with van der Waals surface area (Å²) >= 11 is 5.98. The smallest absolute Gasteiger partial charge is 0.322 e. The van der Waals surface area contributed by atoms with Crippen molar-refractivity contribution in [1.82, 2.24) is 4.90 Å². The van der Waals surface area contributed by atoms with Gasteiger partial charge in [0.15, 0.2) is 0 Å². The molecule has 0 saturated carbocycles. The fraction of sp³-hybridized carbons (Fsp3) is 0.350. The summed E-state index contributed by atoms with van der Waals surface area (Å²) in [4.78, 5) is 14.5. The number of benzene rings is 2. The van der Waals surface area contributed by atoms with Crippen LogP contribution in [0.5, 0.6) is 5.75 Å². The van der Waals surface area contributed by atoms with Gasteiger partial charge < -0.3 is 14.4 Å². The number of hydrogen-bond donors (Lipinski definition) is 1. The van der Waals surface area contributed by atoms with Crippen LogP contribution < -0.4 is 9.50 Å². The average Bonchev–Trinajstić information content (AvgIpc) is 2.66. The number of amides is 2. The molecule has 0 heterocycles. The lowest BCUT2D eigenvalue weighted by Crippen LogP contribution is -2.40. The first-order valence-corrected chi connectivity index (χ1v) is 11.0. The van der Waals surface area contributed by atoms with Crippen molar-refractivity contribution in [2.24, 2.45) is 0 Å². The zero-order chi connectivity index (χ0) is 20.7. The van der Waals surface area contributed by atoms with Gasteiger partial charge in [0.2, 0.25) is 0 Å². The van der Waals surface area contributed by atoms with Crippen LogP contribution in [0.1, 0.15) is 32.8 Å². The van der Waals surface area contributed by atoms with Crippen molar-refractivity contribution in [3.63, 3.8) is 0 Å². The molecule has 0 saturated heterocycles. The molecule has 0 aliphatic carbocycles. The van der Waals surface area contributed by atoms with E-state index < -0.39 is 10.1 Å². The van der Waals surface area contributed by atoms with Crippen LogP contribution in [0.4, 0.5) is 10.5 Å². The summed E-state index contributed by atoms with van der Waals surface area (Å²) in [7, 11) is -3.56. The molecule has 28 heavy (non-hydrogen) atoms. The zero-order valence-corrected chi connectivity index (χ0v) is 17.8.